The molecule has 1 aliphatic rings. The van der Waals surface area contributed by atoms with Crippen LogP contribution in [0, 0.1) is 21.7 Å². The number of rotatable bonds is 3. The minimum atomic E-state index is -1.37. The predicted octanol–water partition coefficient (Wildman–Crippen LogP) is 1.48. The van der Waals surface area contributed by atoms with Gasteiger partial charge in [0.1, 0.15) is 5.56 Å². The Hall–Kier alpha value is -2.09. The zero-order valence-corrected chi connectivity index (χ0v) is 10.4. The Morgan fingerprint density at radius 1 is 1.35 bits per heavy atom. The smallest absolute Gasteiger partial charge is 0.285 e. The Kier molecular flexibility index (Phi) is 3.93. The van der Waals surface area contributed by atoms with Crippen molar-refractivity contribution >= 4 is 11.6 Å². The maximum Gasteiger partial charge on any atom is 0.285 e. The van der Waals surface area contributed by atoms with Crippen LogP contribution in [0.15, 0.2) is 12.1 Å². The summed E-state index contributed by atoms with van der Waals surface area (Å²) in [5.41, 5.74) is 4.50. The van der Waals surface area contributed by atoms with Gasteiger partial charge in [0.15, 0.2) is 11.6 Å². The highest BCUT2D eigenvalue weighted by Gasteiger charge is 2.29. The molecule has 8 heteroatoms. The van der Waals surface area contributed by atoms with Crippen LogP contribution in [0.3, 0.4) is 0 Å². The monoisotopic (exact) mass is 285 g/mol. The number of hydrogen-bond donors (Lipinski definition) is 2. The maximum absolute atomic E-state index is 13.2. The van der Waals surface area contributed by atoms with Crippen molar-refractivity contribution in [2.75, 3.05) is 0 Å². The Balaban J connectivity index is 2.29. The van der Waals surface area contributed by atoms with E-state index in [4.69, 9.17) is 5.73 Å². The summed E-state index contributed by atoms with van der Waals surface area (Å²) in [6.45, 7) is 0. The molecule has 20 heavy (non-hydrogen) atoms. The van der Waals surface area contributed by atoms with Crippen molar-refractivity contribution in [3.63, 3.8) is 0 Å². The van der Waals surface area contributed by atoms with E-state index >= 15 is 0 Å². The first-order chi connectivity index (χ1) is 9.40. The molecule has 1 aliphatic carbocycles. The molecule has 0 bridgehead atoms. The molecule has 1 saturated carbocycles. The minimum absolute atomic E-state index is 0.233. The second-order valence-electron chi connectivity index (χ2n) is 4.72. The van der Waals surface area contributed by atoms with Gasteiger partial charge in [-0.3, -0.25) is 14.9 Å². The number of benzene rings is 1. The Labute approximate surface area is 113 Å². The van der Waals surface area contributed by atoms with Gasteiger partial charge in [0.25, 0.3) is 11.6 Å². The summed E-state index contributed by atoms with van der Waals surface area (Å²) >= 11 is 0. The van der Waals surface area contributed by atoms with E-state index in [1.165, 1.54) is 0 Å². The number of nitrogens with zero attached hydrogens (tertiary/aromatic N) is 1. The van der Waals surface area contributed by atoms with Crippen LogP contribution in [0.25, 0.3) is 0 Å². The van der Waals surface area contributed by atoms with E-state index in [0.717, 1.165) is 12.8 Å². The van der Waals surface area contributed by atoms with Crippen LogP contribution in [-0.2, 0) is 0 Å². The number of amides is 1. The fourth-order valence-electron chi connectivity index (χ4n) is 2.28. The number of carbonyl (C=O) groups excluding carboxylic acids is 1. The summed E-state index contributed by atoms with van der Waals surface area (Å²) in [7, 11) is 0. The quantitative estimate of drug-likeness (QED) is 0.649. The van der Waals surface area contributed by atoms with Crippen LogP contribution in [0.1, 0.15) is 29.6 Å². The fourth-order valence-corrected chi connectivity index (χ4v) is 2.28. The highest BCUT2D eigenvalue weighted by Crippen LogP contribution is 2.23. The number of hydrogen-bond acceptors (Lipinski definition) is 4. The fraction of sp³-hybridized carbons (Fsp3) is 0.417. The molecule has 0 aliphatic heterocycles. The summed E-state index contributed by atoms with van der Waals surface area (Å²) in [6.07, 6.45) is 2.24. The summed E-state index contributed by atoms with van der Waals surface area (Å²) in [5, 5.41) is 13.3. The number of nitrogens with one attached hydrogen (secondary N) is 1. The van der Waals surface area contributed by atoms with Crippen LogP contribution in [0.4, 0.5) is 14.5 Å². The van der Waals surface area contributed by atoms with Crippen LogP contribution in [0.5, 0.6) is 0 Å². The molecule has 0 spiro atoms. The van der Waals surface area contributed by atoms with Gasteiger partial charge >= 0.3 is 0 Å². The Bertz CT molecular complexity index is 565. The molecule has 2 atom stereocenters. The molecule has 2 rings (SSSR count). The third-order valence-corrected chi connectivity index (χ3v) is 3.37. The van der Waals surface area contributed by atoms with Crippen LogP contribution < -0.4 is 11.1 Å². The first kappa shape index (κ1) is 14.3. The maximum atomic E-state index is 13.2. The summed E-state index contributed by atoms with van der Waals surface area (Å²) < 4.78 is 26.2. The molecule has 2 unspecified atom stereocenters. The van der Waals surface area contributed by atoms with Gasteiger partial charge in [-0.1, -0.05) is 0 Å². The first-order valence-corrected chi connectivity index (χ1v) is 6.10. The average Bonchev–Trinajstić information content (AvgIpc) is 2.77. The first-order valence-electron chi connectivity index (χ1n) is 6.10. The lowest BCUT2D eigenvalue weighted by atomic mass is 10.1. The van der Waals surface area contributed by atoms with Gasteiger partial charge in [-0.15, -0.1) is 0 Å². The van der Waals surface area contributed by atoms with Crippen molar-refractivity contribution in [2.24, 2.45) is 5.73 Å². The minimum Gasteiger partial charge on any atom is -0.348 e. The molecule has 1 amide bonds. The highest BCUT2D eigenvalue weighted by molar-refractivity contribution is 5.98. The van der Waals surface area contributed by atoms with Crippen LogP contribution in [-0.4, -0.2) is 22.9 Å². The topological polar surface area (TPSA) is 98.3 Å². The van der Waals surface area contributed by atoms with E-state index in [9.17, 15) is 23.7 Å². The van der Waals surface area contributed by atoms with E-state index < -0.39 is 33.7 Å². The summed E-state index contributed by atoms with van der Waals surface area (Å²) in [4.78, 5) is 21.9. The molecule has 0 aromatic heterocycles. The highest BCUT2D eigenvalue weighted by atomic mass is 19.2. The van der Waals surface area contributed by atoms with Gasteiger partial charge in [-0.05, 0) is 25.3 Å². The lowest BCUT2D eigenvalue weighted by Gasteiger charge is -2.17. The van der Waals surface area contributed by atoms with Gasteiger partial charge < -0.3 is 11.1 Å². The molecular weight excluding hydrogens is 272 g/mol. The number of carbonyl (C=O) groups is 1. The van der Waals surface area contributed by atoms with Gasteiger partial charge in [-0.2, -0.15) is 0 Å². The van der Waals surface area contributed by atoms with Gasteiger partial charge in [0.2, 0.25) is 0 Å². The van der Waals surface area contributed by atoms with Crippen molar-refractivity contribution < 1.29 is 18.5 Å². The van der Waals surface area contributed by atoms with Crippen molar-refractivity contribution in [3.8, 4) is 0 Å². The van der Waals surface area contributed by atoms with Crippen molar-refractivity contribution in [2.45, 2.75) is 31.3 Å². The molecule has 0 heterocycles. The second kappa shape index (κ2) is 5.49. The van der Waals surface area contributed by atoms with Crippen molar-refractivity contribution in [3.05, 3.63) is 39.4 Å². The summed E-state index contributed by atoms with van der Waals surface area (Å²) in [5.74, 6) is -3.50. The molecule has 3 N–H and O–H groups in total. The SMILES string of the molecule is NC1CCCC1NC(=O)c1cc(F)c(F)cc1[N+](=O)[O-]. The van der Waals surface area contributed by atoms with Gasteiger partial charge in [0.05, 0.1) is 11.0 Å². The molecule has 1 aromatic rings. The molecule has 1 fully saturated rings. The number of nitrogens with two attached hydrogens (primary N) is 1. The Morgan fingerprint density at radius 3 is 2.55 bits per heavy atom. The molecule has 1 aromatic carbocycles. The molecule has 108 valence electrons. The molecular formula is C12H13F2N3O3. The summed E-state index contributed by atoms with van der Waals surface area (Å²) in [6, 6.07) is 0.390. The lowest BCUT2D eigenvalue weighted by molar-refractivity contribution is -0.385. The van der Waals surface area contributed by atoms with E-state index in [2.05, 4.69) is 5.32 Å². The standard InChI is InChI=1S/C12H13F2N3O3/c13-7-4-6(11(17(19)20)5-8(7)14)12(18)16-10-3-1-2-9(10)15/h4-5,9-10H,1-3,15H2,(H,16,18). The van der Waals surface area contributed by atoms with E-state index in [-0.39, 0.29) is 12.1 Å². The predicted molar refractivity (Wildman–Crippen MR) is 66.1 cm³/mol. The van der Waals surface area contributed by atoms with Gasteiger partial charge in [0, 0.05) is 12.1 Å². The normalized spacial score (nSPS) is 21.8. The number of nitro benzene ring substituents is 1. The molecule has 0 radical (unpaired) electrons. The lowest BCUT2D eigenvalue weighted by Crippen LogP contribution is -2.44. The van der Waals surface area contributed by atoms with Crippen LogP contribution in [0.2, 0.25) is 0 Å². The largest absolute Gasteiger partial charge is 0.348 e. The van der Waals surface area contributed by atoms with Gasteiger partial charge in [-0.25, -0.2) is 8.78 Å². The van der Waals surface area contributed by atoms with E-state index in [1.54, 1.807) is 0 Å². The van der Waals surface area contributed by atoms with Crippen molar-refractivity contribution in [1.82, 2.24) is 5.32 Å². The number of nitro groups is 1. The van der Waals surface area contributed by atoms with E-state index in [1.807, 2.05) is 0 Å². The van der Waals surface area contributed by atoms with E-state index in [0.29, 0.717) is 18.6 Å². The molecule has 0 saturated heterocycles. The molecule has 6 nitrogen and oxygen atoms in total. The van der Waals surface area contributed by atoms with Crippen molar-refractivity contribution in [1.29, 1.82) is 0 Å². The average molecular weight is 285 g/mol. The van der Waals surface area contributed by atoms with Crippen LogP contribution >= 0.6 is 0 Å². The zero-order valence-electron chi connectivity index (χ0n) is 10.4. The third-order valence-electron chi connectivity index (χ3n) is 3.37. The number of halogens is 2. The second-order valence-corrected chi connectivity index (χ2v) is 4.72. The zero-order chi connectivity index (χ0) is 14.9. The Morgan fingerprint density at radius 2 is 2.00 bits per heavy atom. The third kappa shape index (κ3) is 2.74.